The number of hydrogen-bond donors (Lipinski definition) is 5. The van der Waals surface area contributed by atoms with E-state index in [4.69, 9.17) is 22.6 Å². The molecule has 0 bridgehead atoms. The number of aliphatic hydroxyl groups is 2. The summed E-state index contributed by atoms with van der Waals surface area (Å²) in [7, 11) is -4.67. The first-order valence-corrected chi connectivity index (χ1v) is 13.9. The number of carboxylic acids is 1. The van der Waals surface area contributed by atoms with E-state index in [9.17, 15) is 15.0 Å². The third kappa shape index (κ3) is 5.42. The minimum Gasteiger partial charge on any atom is -0.477 e. The molecule has 4 rings (SSSR count). The molecule has 4 aliphatic rings. The van der Waals surface area contributed by atoms with Gasteiger partial charge in [0.2, 0.25) is 0 Å². The highest BCUT2D eigenvalue weighted by atomic mass is 32.3. The third-order valence-corrected chi connectivity index (χ3v) is 10.3. The predicted molar refractivity (Wildman–Crippen MR) is 123 cm³/mol. The Hall–Kier alpha value is -0.740. The van der Waals surface area contributed by atoms with Crippen LogP contribution in [0.5, 0.6) is 0 Å². The van der Waals surface area contributed by atoms with Gasteiger partial charge in [-0.25, -0.2) is 4.79 Å². The van der Waals surface area contributed by atoms with Gasteiger partial charge in [0.1, 0.15) is 0 Å². The molecule has 0 amide bonds. The van der Waals surface area contributed by atoms with Crippen molar-refractivity contribution in [1.29, 1.82) is 0 Å². The zero-order valence-electron chi connectivity index (χ0n) is 20.1. The van der Waals surface area contributed by atoms with Crippen LogP contribution in [0.25, 0.3) is 0 Å². The predicted octanol–water partition coefficient (Wildman–Crippen LogP) is 4.17. The first-order chi connectivity index (χ1) is 15.1. The second-order valence-corrected chi connectivity index (χ2v) is 12.8. The molecule has 4 fully saturated rings. The molecule has 0 aromatic rings. The van der Waals surface area contributed by atoms with Crippen LogP contribution in [0.15, 0.2) is 0 Å². The van der Waals surface area contributed by atoms with Crippen molar-refractivity contribution in [3.63, 3.8) is 0 Å². The number of aliphatic carboxylic acids is 1. The average molecular weight is 491 g/mol. The van der Waals surface area contributed by atoms with Gasteiger partial charge in [0.15, 0.2) is 0 Å². The second kappa shape index (κ2) is 9.37. The van der Waals surface area contributed by atoms with Crippen LogP contribution < -0.4 is 0 Å². The number of rotatable bonds is 4. The fourth-order valence-electron chi connectivity index (χ4n) is 8.95. The SMILES string of the molecule is C[C@H](CC(O)(O)C(=O)O)[C@H]1CC[C@H]2[C@@H]3CCC4CCCC[C@]4(C)[C@H]3CC[C@]12C.O=S(=O)(O)O. The summed E-state index contributed by atoms with van der Waals surface area (Å²) in [5, 5.41) is 28.9. The summed E-state index contributed by atoms with van der Waals surface area (Å²) < 4.78 is 31.6. The van der Waals surface area contributed by atoms with Crippen molar-refractivity contribution in [3.05, 3.63) is 0 Å². The van der Waals surface area contributed by atoms with E-state index in [0.717, 1.165) is 30.1 Å². The second-order valence-electron chi connectivity index (χ2n) is 11.9. The van der Waals surface area contributed by atoms with Gasteiger partial charge in [-0.05, 0) is 97.7 Å². The van der Waals surface area contributed by atoms with E-state index in [1.807, 2.05) is 6.92 Å². The maximum atomic E-state index is 11.2. The van der Waals surface area contributed by atoms with Crippen molar-refractivity contribution in [1.82, 2.24) is 0 Å². The highest BCUT2D eigenvalue weighted by molar-refractivity contribution is 7.79. The number of fused-ring (bicyclic) bond motifs is 5. The summed E-state index contributed by atoms with van der Waals surface area (Å²) in [5.41, 5.74) is 0.772. The molecule has 192 valence electrons. The topological polar surface area (TPSA) is 152 Å². The number of carbonyl (C=O) groups is 1. The monoisotopic (exact) mass is 490 g/mol. The Kier molecular flexibility index (Phi) is 7.63. The van der Waals surface area contributed by atoms with Gasteiger partial charge < -0.3 is 15.3 Å². The molecular weight excluding hydrogens is 448 g/mol. The lowest BCUT2D eigenvalue weighted by atomic mass is 9.44. The van der Waals surface area contributed by atoms with E-state index in [-0.39, 0.29) is 17.8 Å². The van der Waals surface area contributed by atoms with Crippen LogP contribution in [0.2, 0.25) is 0 Å². The lowest BCUT2D eigenvalue weighted by Gasteiger charge is -2.61. The Labute approximate surface area is 197 Å². The lowest BCUT2D eigenvalue weighted by molar-refractivity contribution is -0.211. The molecule has 33 heavy (non-hydrogen) atoms. The number of hydrogen-bond acceptors (Lipinski definition) is 5. The van der Waals surface area contributed by atoms with Crippen LogP contribution in [0.4, 0.5) is 0 Å². The Morgan fingerprint density at radius 1 is 0.939 bits per heavy atom. The summed E-state index contributed by atoms with van der Waals surface area (Å²) >= 11 is 0. The zero-order chi connectivity index (χ0) is 24.8. The van der Waals surface area contributed by atoms with Crippen molar-refractivity contribution in [3.8, 4) is 0 Å². The van der Waals surface area contributed by atoms with Crippen LogP contribution in [-0.2, 0) is 15.2 Å². The number of carboxylic acid groups (broad SMARTS) is 1. The van der Waals surface area contributed by atoms with Gasteiger partial charge in [-0.1, -0.05) is 33.6 Å². The van der Waals surface area contributed by atoms with Crippen LogP contribution in [0, 0.1) is 46.3 Å². The van der Waals surface area contributed by atoms with Crippen molar-refractivity contribution in [2.24, 2.45) is 46.3 Å². The van der Waals surface area contributed by atoms with Gasteiger partial charge in [-0.3, -0.25) is 9.11 Å². The van der Waals surface area contributed by atoms with Gasteiger partial charge in [-0.15, -0.1) is 0 Å². The summed E-state index contributed by atoms with van der Waals surface area (Å²) in [4.78, 5) is 11.2. The molecule has 9 heteroatoms. The minimum absolute atomic E-state index is 0.0132. The van der Waals surface area contributed by atoms with Gasteiger partial charge in [0.25, 0.3) is 5.79 Å². The fourth-order valence-corrected chi connectivity index (χ4v) is 8.95. The zero-order valence-corrected chi connectivity index (χ0v) is 20.9. The molecule has 0 aromatic carbocycles. The quantitative estimate of drug-likeness (QED) is 0.291. The molecule has 0 radical (unpaired) electrons. The average Bonchev–Trinajstić information content (AvgIpc) is 3.03. The van der Waals surface area contributed by atoms with E-state index in [2.05, 4.69) is 13.8 Å². The molecule has 0 spiro atoms. The largest absolute Gasteiger partial charge is 0.477 e. The summed E-state index contributed by atoms with van der Waals surface area (Å²) in [5.74, 6) is -0.356. The highest BCUT2D eigenvalue weighted by Gasteiger charge is 2.60. The van der Waals surface area contributed by atoms with Crippen molar-refractivity contribution < 1.29 is 37.6 Å². The molecule has 0 heterocycles. The minimum atomic E-state index is -4.67. The first kappa shape index (κ1) is 26.9. The maximum absolute atomic E-state index is 11.2. The van der Waals surface area contributed by atoms with E-state index < -0.39 is 22.2 Å². The van der Waals surface area contributed by atoms with Crippen molar-refractivity contribution in [2.45, 2.75) is 97.2 Å². The maximum Gasteiger partial charge on any atom is 0.394 e. The van der Waals surface area contributed by atoms with Crippen LogP contribution in [0.1, 0.15) is 91.4 Å². The molecule has 5 N–H and O–H groups in total. The van der Waals surface area contributed by atoms with Gasteiger partial charge in [0.05, 0.1) is 0 Å². The molecule has 1 unspecified atom stereocenters. The van der Waals surface area contributed by atoms with Crippen molar-refractivity contribution in [2.75, 3.05) is 0 Å². The molecular formula is C24H42O8S. The standard InChI is InChI=1S/C24H40O4.H2O4S/c1-15(14-24(27,28)21(25)26)18-9-10-19-17-8-7-16-6-4-5-12-22(16,2)20(17)11-13-23(18,19)3;1-5(2,3)4/h15-20,27-28H,4-14H2,1-3H3,(H,25,26);(H2,1,2,3,4)/t15-,16?,17+,18-,19+,20+,22+,23-;/m1./s1. The third-order valence-electron chi connectivity index (χ3n) is 10.3. The summed E-state index contributed by atoms with van der Waals surface area (Å²) in [6.07, 6.45) is 13.3. The van der Waals surface area contributed by atoms with E-state index >= 15 is 0 Å². The van der Waals surface area contributed by atoms with E-state index in [1.165, 1.54) is 57.8 Å². The normalized spacial score (nSPS) is 41.6. The Morgan fingerprint density at radius 2 is 1.55 bits per heavy atom. The summed E-state index contributed by atoms with van der Waals surface area (Å²) in [6, 6.07) is 0. The van der Waals surface area contributed by atoms with Gasteiger partial charge in [-0.2, -0.15) is 8.42 Å². The van der Waals surface area contributed by atoms with Crippen LogP contribution in [-0.4, -0.2) is 44.6 Å². The molecule has 4 saturated carbocycles. The highest BCUT2D eigenvalue weighted by Crippen LogP contribution is 2.68. The van der Waals surface area contributed by atoms with Crippen LogP contribution >= 0.6 is 0 Å². The Morgan fingerprint density at radius 3 is 2.15 bits per heavy atom. The molecule has 8 nitrogen and oxygen atoms in total. The fraction of sp³-hybridized carbons (Fsp3) is 0.958. The Bertz CT molecular complexity index is 818. The van der Waals surface area contributed by atoms with Gasteiger partial charge >= 0.3 is 16.4 Å². The molecule has 4 aliphatic carbocycles. The first-order valence-electron chi connectivity index (χ1n) is 12.5. The van der Waals surface area contributed by atoms with Crippen molar-refractivity contribution >= 4 is 16.4 Å². The molecule has 0 aromatic heterocycles. The summed E-state index contributed by atoms with van der Waals surface area (Å²) in [6.45, 7) is 7.08. The molecule has 0 saturated heterocycles. The lowest BCUT2D eigenvalue weighted by Crippen LogP contribution is -2.53. The smallest absolute Gasteiger partial charge is 0.394 e. The van der Waals surface area contributed by atoms with Gasteiger partial charge in [0, 0.05) is 6.42 Å². The van der Waals surface area contributed by atoms with E-state index in [0.29, 0.717) is 11.3 Å². The Balaban J connectivity index is 0.000000555. The molecule has 0 aliphatic heterocycles. The van der Waals surface area contributed by atoms with Crippen LogP contribution in [0.3, 0.4) is 0 Å². The van der Waals surface area contributed by atoms with E-state index in [1.54, 1.807) is 0 Å². The molecule has 8 atom stereocenters.